The number of imidazole rings is 1. The fraction of sp³-hybridized carbons (Fsp3) is 0.188. The van der Waals surface area contributed by atoms with Gasteiger partial charge in [-0.05, 0) is 6.07 Å². The van der Waals surface area contributed by atoms with Crippen LogP contribution in [0.4, 0.5) is 5.95 Å². The Bertz CT molecular complexity index is 736. The Morgan fingerprint density at radius 1 is 1.00 bits per heavy atom. The molecule has 0 saturated carbocycles. The molecule has 0 atom stereocenters. The van der Waals surface area contributed by atoms with Gasteiger partial charge >= 0.3 is 0 Å². The van der Waals surface area contributed by atoms with Crippen molar-refractivity contribution in [3.63, 3.8) is 0 Å². The number of H-pyrrole nitrogens is 1. The van der Waals surface area contributed by atoms with Gasteiger partial charge < -0.3 is 9.88 Å². The highest BCUT2D eigenvalue weighted by Gasteiger charge is 2.21. The first-order valence-electron chi connectivity index (χ1n) is 7.05. The first-order chi connectivity index (χ1) is 10.4. The first-order valence-corrected chi connectivity index (χ1v) is 7.05. The summed E-state index contributed by atoms with van der Waals surface area (Å²) in [6.07, 6.45) is 4.47. The molecule has 0 fully saturated rings. The number of rotatable bonds is 2. The summed E-state index contributed by atoms with van der Waals surface area (Å²) in [7, 11) is 0. The van der Waals surface area contributed by atoms with E-state index in [0.717, 1.165) is 48.2 Å². The Morgan fingerprint density at radius 3 is 2.62 bits per heavy atom. The van der Waals surface area contributed by atoms with Crippen LogP contribution in [-0.2, 0) is 13.0 Å². The van der Waals surface area contributed by atoms with E-state index in [0.29, 0.717) is 0 Å². The van der Waals surface area contributed by atoms with Gasteiger partial charge in [-0.3, -0.25) is 0 Å². The number of benzene rings is 1. The molecule has 0 spiro atoms. The Morgan fingerprint density at radius 2 is 1.81 bits per heavy atom. The van der Waals surface area contributed by atoms with E-state index in [-0.39, 0.29) is 0 Å². The van der Waals surface area contributed by atoms with Crippen molar-refractivity contribution in [1.29, 1.82) is 0 Å². The lowest BCUT2D eigenvalue weighted by molar-refractivity contribution is 0.689. The largest absolute Gasteiger partial charge is 0.340 e. The van der Waals surface area contributed by atoms with Crippen LogP contribution in [0.15, 0.2) is 48.8 Å². The molecule has 3 aromatic rings. The summed E-state index contributed by atoms with van der Waals surface area (Å²) >= 11 is 0. The molecule has 1 aliphatic rings. The van der Waals surface area contributed by atoms with Gasteiger partial charge in [-0.15, -0.1) is 0 Å². The van der Waals surface area contributed by atoms with Crippen LogP contribution in [0, 0.1) is 0 Å². The third-order valence-corrected chi connectivity index (χ3v) is 3.71. The van der Waals surface area contributed by atoms with Gasteiger partial charge in [-0.2, -0.15) is 0 Å². The zero-order chi connectivity index (χ0) is 14.1. The van der Waals surface area contributed by atoms with Gasteiger partial charge in [0.1, 0.15) is 5.82 Å². The monoisotopic (exact) mass is 277 g/mol. The summed E-state index contributed by atoms with van der Waals surface area (Å²) in [6, 6.07) is 12.1. The molecule has 0 saturated heterocycles. The third kappa shape index (κ3) is 2.27. The van der Waals surface area contributed by atoms with Crippen LogP contribution in [0.2, 0.25) is 0 Å². The molecule has 0 aliphatic carbocycles. The van der Waals surface area contributed by atoms with Crippen molar-refractivity contribution < 1.29 is 0 Å². The Kier molecular flexibility index (Phi) is 2.88. The molecule has 4 rings (SSSR count). The van der Waals surface area contributed by atoms with Gasteiger partial charge in [0.2, 0.25) is 5.95 Å². The Hall–Kier alpha value is -2.69. The summed E-state index contributed by atoms with van der Waals surface area (Å²) in [6.45, 7) is 1.68. The maximum Gasteiger partial charge on any atom is 0.225 e. The molecule has 0 amide bonds. The van der Waals surface area contributed by atoms with Crippen LogP contribution < -0.4 is 4.90 Å². The Labute approximate surface area is 122 Å². The van der Waals surface area contributed by atoms with Crippen LogP contribution in [0.3, 0.4) is 0 Å². The molecule has 0 radical (unpaired) electrons. The number of anilines is 1. The topological polar surface area (TPSA) is 57.7 Å². The lowest BCUT2D eigenvalue weighted by atomic mass is 10.1. The number of aromatic nitrogens is 4. The van der Waals surface area contributed by atoms with Crippen LogP contribution in [0.5, 0.6) is 0 Å². The molecular weight excluding hydrogens is 262 g/mol. The van der Waals surface area contributed by atoms with E-state index in [1.807, 2.05) is 24.3 Å². The predicted octanol–water partition coefficient (Wildman–Crippen LogP) is 2.43. The second-order valence-electron chi connectivity index (χ2n) is 5.10. The molecule has 1 aromatic carbocycles. The highest BCUT2D eigenvalue weighted by molar-refractivity contribution is 5.56. The molecule has 1 N–H and O–H groups in total. The minimum absolute atomic E-state index is 0.777. The van der Waals surface area contributed by atoms with Crippen LogP contribution >= 0.6 is 0 Å². The second kappa shape index (κ2) is 5.01. The number of fused-ring (bicyclic) bond motifs is 1. The molecular formula is C16H15N5. The fourth-order valence-corrected chi connectivity index (χ4v) is 2.65. The van der Waals surface area contributed by atoms with Gasteiger partial charge in [0.25, 0.3) is 0 Å². The van der Waals surface area contributed by atoms with E-state index < -0.39 is 0 Å². The van der Waals surface area contributed by atoms with Crippen LogP contribution in [0.1, 0.15) is 11.4 Å². The lowest BCUT2D eigenvalue weighted by Gasteiger charge is -2.25. The molecule has 1 aliphatic heterocycles. The SMILES string of the molecule is c1ccc(-c2nc3c([nH]2)CN(c2ncccn2)CC3)cc1. The van der Waals surface area contributed by atoms with Crippen molar-refractivity contribution in [3.8, 4) is 11.4 Å². The Balaban J connectivity index is 1.63. The minimum atomic E-state index is 0.777. The maximum absolute atomic E-state index is 4.73. The summed E-state index contributed by atoms with van der Waals surface area (Å²) < 4.78 is 0. The molecule has 0 bridgehead atoms. The molecule has 3 heterocycles. The van der Waals surface area contributed by atoms with Crippen molar-refractivity contribution in [3.05, 3.63) is 60.2 Å². The number of nitrogens with one attached hydrogen (secondary N) is 1. The average Bonchev–Trinajstić information content (AvgIpc) is 2.99. The quantitative estimate of drug-likeness (QED) is 0.781. The summed E-state index contributed by atoms with van der Waals surface area (Å²) in [5.74, 6) is 1.72. The highest BCUT2D eigenvalue weighted by Crippen LogP contribution is 2.24. The van der Waals surface area contributed by atoms with Crippen molar-refractivity contribution in [2.45, 2.75) is 13.0 Å². The van der Waals surface area contributed by atoms with Crippen LogP contribution in [0.25, 0.3) is 11.4 Å². The fourth-order valence-electron chi connectivity index (χ4n) is 2.65. The number of hydrogen-bond acceptors (Lipinski definition) is 4. The lowest BCUT2D eigenvalue weighted by Crippen LogP contribution is -2.31. The van der Waals surface area contributed by atoms with Crippen molar-refractivity contribution >= 4 is 5.95 Å². The van der Waals surface area contributed by atoms with E-state index in [2.05, 4.69) is 32.0 Å². The minimum Gasteiger partial charge on any atom is -0.340 e. The van der Waals surface area contributed by atoms with Gasteiger partial charge in [-0.25, -0.2) is 15.0 Å². The van der Waals surface area contributed by atoms with E-state index in [9.17, 15) is 0 Å². The zero-order valence-electron chi connectivity index (χ0n) is 11.5. The average molecular weight is 277 g/mol. The molecule has 5 heteroatoms. The highest BCUT2D eigenvalue weighted by atomic mass is 15.3. The second-order valence-corrected chi connectivity index (χ2v) is 5.10. The molecule has 104 valence electrons. The van der Waals surface area contributed by atoms with Gasteiger partial charge in [0.15, 0.2) is 0 Å². The third-order valence-electron chi connectivity index (χ3n) is 3.71. The number of nitrogens with zero attached hydrogens (tertiary/aromatic N) is 4. The number of aromatic amines is 1. The van der Waals surface area contributed by atoms with E-state index >= 15 is 0 Å². The molecule has 21 heavy (non-hydrogen) atoms. The van der Waals surface area contributed by atoms with E-state index in [1.165, 1.54) is 0 Å². The summed E-state index contributed by atoms with van der Waals surface area (Å²) in [4.78, 5) is 19.0. The van der Waals surface area contributed by atoms with E-state index in [4.69, 9.17) is 4.98 Å². The number of hydrogen-bond donors (Lipinski definition) is 1. The van der Waals surface area contributed by atoms with Gasteiger partial charge in [0.05, 0.1) is 17.9 Å². The smallest absolute Gasteiger partial charge is 0.225 e. The van der Waals surface area contributed by atoms with Crippen molar-refractivity contribution in [2.75, 3.05) is 11.4 Å². The van der Waals surface area contributed by atoms with Crippen LogP contribution in [-0.4, -0.2) is 26.5 Å². The predicted molar refractivity (Wildman–Crippen MR) is 80.8 cm³/mol. The summed E-state index contributed by atoms with van der Waals surface area (Å²) in [5, 5.41) is 0. The summed E-state index contributed by atoms with van der Waals surface area (Å²) in [5.41, 5.74) is 3.43. The molecule has 5 nitrogen and oxygen atoms in total. The van der Waals surface area contributed by atoms with Gasteiger partial charge in [0, 0.05) is 30.9 Å². The van der Waals surface area contributed by atoms with Gasteiger partial charge in [-0.1, -0.05) is 30.3 Å². The maximum atomic E-state index is 4.73. The van der Waals surface area contributed by atoms with Crippen molar-refractivity contribution in [2.24, 2.45) is 0 Å². The zero-order valence-corrected chi connectivity index (χ0v) is 11.5. The van der Waals surface area contributed by atoms with Crippen molar-refractivity contribution in [1.82, 2.24) is 19.9 Å². The molecule has 0 unspecified atom stereocenters. The molecule has 2 aromatic heterocycles. The van der Waals surface area contributed by atoms with E-state index in [1.54, 1.807) is 12.4 Å². The standard InChI is InChI=1S/C16H15N5/c1-2-5-12(6-3-1)15-19-13-7-10-21(11-14(13)20-15)16-17-8-4-9-18-16/h1-6,8-9H,7,10-11H2,(H,19,20). The normalized spacial score (nSPS) is 14.0. The first kappa shape index (κ1) is 12.1.